The summed E-state index contributed by atoms with van der Waals surface area (Å²) in [4.78, 5) is 0. The van der Waals surface area contributed by atoms with E-state index in [2.05, 4.69) is 31.2 Å². The van der Waals surface area contributed by atoms with E-state index in [1.807, 2.05) is 0 Å². The zero-order valence-electron chi connectivity index (χ0n) is 9.58. The number of fused-ring (bicyclic) bond motifs is 1. The smallest absolute Gasteiger partial charge is 0.105 e. The van der Waals surface area contributed by atoms with Crippen LogP contribution in [-0.2, 0) is 13.1 Å². The summed E-state index contributed by atoms with van der Waals surface area (Å²) in [6.45, 7) is 7.80. The van der Waals surface area contributed by atoms with Gasteiger partial charge < -0.3 is 4.48 Å². The Balaban J connectivity index is 1.87. The second-order valence-electron chi connectivity index (χ2n) is 5.58. The van der Waals surface area contributed by atoms with Crippen LogP contribution in [-0.4, -0.2) is 17.6 Å². The number of piperidine rings is 1. The van der Waals surface area contributed by atoms with Gasteiger partial charge in [0.2, 0.25) is 0 Å². The number of rotatable bonds is 0. The van der Waals surface area contributed by atoms with Crippen LogP contribution >= 0.6 is 0 Å². The maximum atomic E-state index is 2.42. The van der Waals surface area contributed by atoms with Crippen molar-refractivity contribution in [2.45, 2.75) is 32.9 Å². The van der Waals surface area contributed by atoms with Gasteiger partial charge in [0.25, 0.3) is 0 Å². The largest absolute Gasteiger partial charge is 0.316 e. The molecule has 0 bridgehead atoms. The molecule has 1 heteroatoms. The van der Waals surface area contributed by atoms with E-state index in [9.17, 15) is 0 Å². The Kier molecular flexibility index (Phi) is 2.10. The van der Waals surface area contributed by atoms with Gasteiger partial charge in [-0.1, -0.05) is 31.2 Å². The summed E-state index contributed by atoms with van der Waals surface area (Å²) in [6.07, 6.45) is 2.87. The Morgan fingerprint density at radius 1 is 1.13 bits per heavy atom. The van der Waals surface area contributed by atoms with Crippen molar-refractivity contribution in [3.63, 3.8) is 0 Å². The van der Waals surface area contributed by atoms with Gasteiger partial charge in [-0.2, -0.15) is 0 Å². The molecule has 0 radical (unpaired) electrons. The van der Waals surface area contributed by atoms with Crippen LogP contribution in [0.4, 0.5) is 0 Å². The lowest BCUT2D eigenvalue weighted by Gasteiger charge is -2.40. The predicted octanol–water partition coefficient (Wildman–Crippen LogP) is 2.95. The summed E-state index contributed by atoms with van der Waals surface area (Å²) in [5.41, 5.74) is 3.21. The third-order valence-corrected chi connectivity index (χ3v) is 4.16. The first-order chi connectivity index (χ1) is 7.27. The third-order valence-electron chi connectivity index (χ3n) is 4.16. The van der Waals surface area contributed by atoms with Crippen LogP contribution in [0.25, 0.3) is 0 Å². The Morgan fingerprint density at radius 2 is 1.80 bits per heavy atom. The van der Waals surface area contributed by atoms with Crippen LogP contribution in [0.15, 0.2) is 24.3 Å². The van der Waals surface area contributed by atoms with E-state index in [0.717, 1.165) is 5.92 Å². The van der Waals surface area contributed by atoms with E-state index in [0.29, 0.717) is 0 Å². The summed E-state index contributed by atoms with van der Waals surface area (Å²) in [5.74, 6) is 0.924. The second-order valence-corrected chi connectivity index (χ2v) is 5.58. The first-order valence-electron chi connectivity index (χ1n) is 6.19. The highest BCUT2D eigenvalue weighted by Crippen LogP contribution is 2.35. The molecule has 1 aromatic rings. The van der Waals surface area contributed by atoms with Crippen molar-refractivity contribution in [2.75, 3.05) is 13.1 Å². The molecular formula is C14H20N+. The molecule has 0 N–H and O–H groups in total. The van der Waals surface area contributed by atoms with Gasteiger partial charge in [-0.15, -0.1) is 0 Å². The lowest BCUT2D eigenvalue weighted by Crippen LogP contribution is -2.49. The quantitative estimate of drug-likeness (QED) is 0.567. The Bertz CT molecular complexity index is 344. The Labute approximate surface area is 92.3 Å². The van der Waals surface area contributed by atoms with Crippen LogP contribution in [0.2, 0.25) is 0 Å². The summed E-state index contributed by atoms with van der Waals surface area (Å²) in [7, 11) is 0. The molecule has 0 aromatic heterocycles. The van der Waals surface area contributed by atoms with Crippen LogP contribution in [0.5, 0.6) is 0 Å². The molecule has 1 aromatic carbocycles. The van der Waals surface area contributed by atoms with Crippen molar-refractivity contribution < 1.29 is 4.48 Å². The van der Waals surface area contributed by atoms with Crippen LogP contribution in [0.3, 0.4) is 0 Å². The van der Waals surface area contributed by atoms with Crippen LogP contribution in [0, 0.1) is 5.92 Å². The second kappa shape index (κ2) is 3.34. The lowest BCUT2D eigenvalue weighted by molar-refractivity contribution is -0.954. The molecular weight excluding hydrogens is 182 g/mol. The molecule has 3 rings (SSSR count). The van der Waals surface area contributed by atoms with E-state index in [4.69, 9.17) is 0 Å². The summed E-state index contributed by atoms with van der Waals surface area (Å²) in [6, 6.07) is 9.02. The van der Waals surface area contributed by atoms with Gasteiger partial charge in [0.15, 0.2) is 0 Å². The van der Waals surface area contributed by atoms with Gasteiger partial charge in [0.05, 0.1) is 13.1 Å². The van der Waals surface area contributed by atoms with Crippen molar-refractivity contribution in [2.24, 2.45) is 5.92 Å². The summed E-state index contributed by atoms with van der Waals surface area (Å²) >= 11 is 0. The molecule has 0 amide bonds. The molecule has 2 aliphatic rings. The average Bonchev–Trinajstić information content (AvgIpc) is 2.54. The van der Waals surface area contributed by atoms with E-state index in [1.165, 1.54) is 43.5 Å². The average molecular weight is 202 g/mol. The minimum Gasteiger partial charge on any atom is -0.316 e. The van der Waals surface area contributed by atoms with E-state index >= 15 is 0 Å². The summed E-state index contributed by atoms with van der Waals surface area (Å²) in [5, 5.41) is 0. The lowest BCUT2D eigenvalue weighted by atomic mass is 9.98. The van der Waals surface area contributed by atoms with Gasteiger partial charge in [0, 0.05) is 17.0 Å². The molecule has 1 atom stereocenters. The molecule has 0 saturated carbocycles. The van der Waals surface area contributed by atoms with E-state index < -0.39 is 0 Å². The van der Waals surface area contributed by atoms with Gasteiger partial charge in [0.1, 0.15) is 13.1 Å². The van der Waals surface area contributed by atoms with Crippen LogP contribution in [0.1, 0.15) is 30.9 Å². The standard InChI is InChI=1S/C14H20N/c1-12-5-4-8-15(9-12)10-13-6-2-3-7-14(13)11-15/h2-3,6-7,12H,4-5,8-11H2,1H3/q+1. The maximum absolute atomic E-state index is 2.42. The topological polar surface area (TPSA) is 0 Å². The number of benzene rings is 1. The fourth-order valence-corrected chi connectivity index (χ4v) is 3.55. The first-order valence-corrected chi connectivity index (χ1v) is 6.19. The van der Waals surface area contributed by atoms with Crippen molar-refractivity contribution >= 4 is 0 Å². The molecule has 2 heterocycles. The van der Waals surface area contributed by atoms with E-state index in [1.54, 1.807) is 11.1 Å². The monoisotopic (exact) mass is 202 g/mol. The summed E-state index contributed by atoms with van der Waals surface area (Å²) < 4.78 is 1.35. The number of nitrogens with zero attached hydrogens (tertiary/aromatic N) is 1. The molecule has 80 valence electrons. The van der Waals surface area contributed by atoms with Crippen LogP contribution < -0.4 is 0 Å². The van der Waals surface area contributed by atoms with Gasteiger partial charge >= 0.3 is 0 Å². The molecule has 1 fully saturated rings. The molecule has 15 heavy (non-hydrogen) atoms. The maximum Gasteiger partial charge on any atom is 0.105 e. The fraction of sp³-hybridized carbons (Fsp3) is 0.571. The molecule has 1 unspecified atom stereocenters. The third kappa shape index (κ3) is 1.59. The Morgan fingerprint density at radius 3 is 2.40 bits per heavy atom. The zero-order chi connectivity index (χ0) is 10.3. The molecule has 2 aliphatic heterocycles. The highest BCUT2D eigenvalue weighted by atomic mass is 15.4. The van der Waals surface area contributed by atoms with Gasteiger partial charge in [-0.3, -0.25) is 0 Å². The van der Waals surface area contributed by atoms with Gasteiger partial charge in [-0.05, 0) is 12.8 Å². The minimum absolute atomic E-state index is 0.924. The van der Waals surface area contributed by atoms with Crippen molar-refractivity contribution in [1.82, 2.24) is 0 Å². The molecule has 1 saturated heterocycles. The van der Waals surface area contributed by atoms with Crippen molar-refractivity contribution in [3.8, 4) is 0 Å². The minimum atomic E-state index is 0.924. The number of hydrogen-bond donors (Lipinski definition) is 0. The SMILES string of the molecule is CC1CCC[N+]2(Cc3ccccc3C2)C1. The van der Waals surface area contributed by atoms with Gasteiger partial charge in [-0.25, -0.2) is 0 Å². The fourth-order valence-electron chi connectivity index (χ4n) is 3.55. The normalized spacial score (nSPS) is 27.9. The van der Waals surface area contributed by atoms with E-state index in [-0.39, 0.29) is 0 Å². The van der Waals surface area contributed by atoms with Crippen molar-refractivity contribution in [3.05, 3.63) is 35.4 Å². The Hall–Kier alpha value is -0.820. The highest BCUT2D eigenvalue weighted by Gasteiger charge is 2.38. The number of quaternary nitrogens is 1. The molecule has 1 nitrogen and oxygen atoms in total. The molecule has 1 spiro atoms. The zero-order valence-corrected chi connectivity index (χ0v) is 9.58. The first kappa shape index (κ1) is 9.41. The predicted molar refractivity (Wildman–Crippen MR) is 62.2 cm³/mol. The molecule has 0 aliphatic carbocycles. The highest BCUT2D eigenvalue weighted by molar-refractivity contribution is 5.28. The van der Waals surface area contributed by atoms with Crippen molar-refractivity contribution in [1.29, 1.82) is 0 Å². The number of hydrogen-bond acceptors (Lipinski definition) is 0.